The predicted octanol–water partition coefficient (Wildman–Crippen LogP) is 3.11. The van der Waals surface area contributed by atoms with Gasteiger partial charge in [0.1, 0.15) is 6.04 Å². The molecule has 0 radical (unpaired) electrons. The van der Waals surface area contributed by atoms with Crippen LogP contribution >= 0.6 is 15.9 Å². The summed E-state index contributed by atoms with van der Waals surface area (Å²) in [5.74, 6) is 0.768. The van der Waals surface area contributed by atoms with Crippen molar-refractivity contribution in [3.05, 3.63) is 40.6 Å². The van der Waals surface area contributed by atoms with E-state index in [1.54, 1.807) is 12.4 Å². The van der Waals surface area contributed by atoms with Crippen LogP contribution in [0.4, 0.5) is 0 Å². The van der Waals surface area contributed by atoms with E-state index < -0.39 is 0 Å². The molecule has 2 heterocycles. The first-order valence-electron chi connectivity index (χ1n) is 6.88. The third kappa shape index (κ3) is 3.24. The molecule has 1 atom stereocenters. The van der Waals surface area contributed by atoms with E-state index >= 15 is 0 Å². The lowest BCUT2D eigenvalue weighted by Crippen LogP contribution is -2.28. The molecule has 1 unspecified atom stereocenters. The summed E-state index contributed by atoms with van der Waals surface area (Å²) in [7, 11) is 0. The largest absolute Gasteiger partial charge is 0.302 e. The van der Waals surface area contributed by atoms with Crippen LogP contribution in [0.2, 0.25) is 0 Å². The maximum atomic E-state index is 4.44. The van der Waals surface area contributed by atoms with Gasteiger partial charge in [-0.2, -0.15) is 5.10 Å². The molecule has 0 bridgehead atoms. The van der Waals surface area contributed by atoms with Crippen molar-refractivity contribution >= 4 is 15.9 Å². The van der Waals surface area contributed by atoms with Crippen LogP contribution in [0.3, 0.4) is 0 Å². The van der Waals surface area contributed by atoms with Gasteiger partial charge in [0.05, 0.1) is 16.4 Å². The number of hydrogen-bond acceptors (Lipinski definition) is 4. The van der Waals surface area contributed by atoms with E-state index in [-0.39, 0.29) is 12.1 Å². The molecular weight excluding hydrogens is 318 g/mol. The minimum absolute atomic E-state index is 0.0598. The highest BCUT2D eigenvalue weighted by atomic mass is 79.9. The Labute approximate surface area is 128 Å². The molecule has 5 nitrogen and oxygen atoms in total. The van der Waals surface area contributed by atoms with Crippen molar-refractivity contribution in [2.45, 2.75) is 39.3 Å². The van der Waals surface area contributed by atoms with E-state index in [0.717, 1.165) is 29.0 Å². The molecule has 0 aliphatic heterocycles. The summed E-state index contributed by atoms with van der Waals surface area (Å²) in [5, 5.41) is 7.95. The third-order valence-electron chi connectivity index (χ3n) is 2.99. The second-order valence-corrected chi connectivity index (χ2v) is 5.76. The van der Waals surface area contributed by atoms with E-state index in [9.17, 15) is 0 Å². The molecule has 2 aromatic heterocycles. The molecule has 0 aromatic carbocycles. The number of hydrogen-bond donors (Lipinski definition) is 1. The molecule has 20 heavy (non-hydrogen) atoms. The average molecular weight is 338 g/mol. The highest BCUT2D eigenvalue weighted by Gasteiger charge is 2.24. The van der Waals surface area contributed by atoms with Crippen LogP contribution in [0.5, 0.6) is 0 Å². The minimum Gasteiger partial charge on any atom is -0.302 e. The summed E-state index contributed by atoms with van der Waals surface area (Å²) in [5.41, 5.74) is 1.07. The van der Waals surface area contributed by atoms with Gasteiger partial charge in [0, 0.05) is 18.4 Å². The summed E-state index contributed by atoms with van der Waals surface area (Å²) in [6.07, 6.45) is 6.43. The van der Waals surface area contributed by atoms with Crippen molar-refractivity contribution in [2.24, 2.45) is 0 Å². The fourth-order valence-corrected chi connectivity index (χ4v) is 2.59. The molecule has 2 rings (SSSR count). The van der Waals surface area contributed by atoms with E-state index in [1.165, 1.54) is 0 Å². The smallest absolute Gasteiger partial charge is 0.151 e. The Morgan fingerprint density at radius 2 is 2.00 bits per heavy atom. The molecule has 0 aliphatic carbocycles. The number of nitrogens with one attached hydrogen (secondary N) is 1. The van der Waals surface area contributed by atoms with Gasteiger partial charge in [0.2, 0.25) is 0 Å². The minimum atomic E-state index is -0.0598. The number of rotatable bonds is 6. The molecule has 0 saturated heterocycles. The van der Waals surface area contributed by atoms with Gasteiger partial charge in [-0.05, 0) is 48.8 Å². The van der Waals surface area contributed by atoms with Crippen LogP contribution in [-0.4, -0.2) is 26.3 Å². The zero-order valence-electron chi connectivity index (χ0n) is 12.0. The number of halogens is 1. The standard InChI is InChI=1S/C14H20BrN5/c1-4-6-16-12(14-17-7-5-8-18-14)13-11(15)9-19-20(13)10(2)3/h5,7-10,12,16H,4,6H2,1-3H3. The third-order valence-corrected chi connectivity index (χ3v) is 3.60. The van der Waals surface area contributed by atoms with Crippen LogP contribution in [-0.2, 0) is 0 Å². The summed E-state index contributed by atoms with van der Waals surface area (Å²) >= 11 is 3.60. The molecule has 1 N–H and O–H groups in total. The summed E-state index contributed by atoms with van der Waals surface area (Å²) < 4.78 is 2.99. The fourth-order valence-electron chi connectivity index (χ4n) is 2.09. The zero-order chi connectivity index (χ0) is 14.5. The highest BCUT2D eigenvalue weighted by Crippen LogP contribution is 2.28. The summed E-state index contributed by atoms with van der Waals surface area (Å²) in [4.78, 5) is 8.79. The van der Waals surface area contributed by atoms with Crippen molar-refractivity contribution in [3.63, 3.8) is 0 Å². The van der Waals surface area contributed by atoms with Gasteiger partial charge in [0.25, 0.3) is 0 Å². The van der Waals surface area contributed by atoms with Gasteiger partial charge in [-0.15, -0.1) is 0 Å². The van der Waals surface area contributed by atoms with Crippen LogP contribution in [0, 0.1) is 0 Å². The van der Waals surface area contributed by atoms with Gasteiger partial charge in [-0.25, -0.2) is 9.97 Å². The van der Waals surface area contributed by atoms with E-state index in [0.29, 0.717) is 0 Å². The van der Waals surface area contributed by atoms with Crippen molar-refractivity contribution in [1.82, 2.24) is 25.1 Å². The van der Waals surface area contributed by atoms with Crippen molar-refractivity contribution in [1.29, 1.82) is 0 Å². The van der Waals surface area contributed by atoms with Crippen LogP contribution in [0.15, 0.2) is 29.1 Å². The van der Waals surface area contributed by atoms with E-state index in [2.05, 4.69) is 57.1 Å². The Kier molecular flexibility index (Phi) is 5.25. The second kappa shape index (κ2) is 6.95. The van der Waals surface area contributed by atoms with Gasteiger partial charge < -0.3 is 5.32 Å². The molecule has 0 aliphatic rings. The first-order chi connectivity index (χ1) is 9.65. The molecule has 0 fully saturated rings. The Balaban J connectivity index is 2.44. The van der Waals surface area contributed by atoms with Gasteiger partial charge in [0.15, 0.2) is 5.82 Å². The number of nitrogens with zero attached hydrogens (tertiary/aromatic N) is 4. The maximum absolute atomic E-state index is 4.44. The SMILES string of the molecule is CCCNC(c1ncccn1)c1c(Br)cnn1C(C)C. The lowest BCUT2D eigenvalue weighted by molar-refractivity contribution is 0.462. The van der Waals surface area contributed by atoms with Gasteiger partial charge in [-0.3, -0.25) is 4.68 Å². The molecular formula is C14H20BrN5. The normalized spacial score (nSPS) is 12.8. The monoisotopic (exact) mass is 337 g/mol. The maximum Gasteiger partial charge on any atom is 0.151 e. The zero-order valence-corrected chi connectivity index (χ0v) is 13.6. The molecule has 0 amide bonds. The average Bonchev–Trinajstić information content (AvgIpc) is 2.83. The Morgan fingerprint density at radius 1 is 1.30 bits per heavy atom. The lowest BCUT2D eigenvalue weighted by Gasteiger charge is -2.21. The molecule has 6 heteroatoms. The molecule has 108 valence electrons. The van der Waals surface area contributed by atoms with Crippen LogP contribution in [0.25, 0.3) is 0 Å². The Hall–Kier alpha value is -1.27. The Morgan fingerprint density at radius 3 is 2.60 bits per heavy atom. The molecule has 2 aromatic rings. The van der Waals surface area contributed by atoms with Crippen molar-refractivity contribution in [2.75, 3.05) is 6.54 Å². The quantitative estimate of drug-likeness (QED) is 0.879. The molecule has 0 saturated carbocycles. The number of aromatic nitrogens is 4. The van der Waals surface area contributed by atoms with E-state index in [1.807, 2.05) is 16.9 Å². The van der Waals surface area contributed by atoms with Gasteiger partial charge >= 0.3 is 0 Å². The van der Waals surface area contributed by atoms with Crippen molar-refractivity contribution in [3.8, 4) is 0 Å². The van der Waals surface area contributed by atoms with Crippen LogP contribution < -0.4 is 5.32 Å². The van der Waals surface area contributed by atoms with E-state index in [4.69, 9.17) is 0 Å². The Bertz CT molecular complexity index is 538. The summed E-state index contributed by atoms with van der Waals surface area (Å²) in [6, 6.07) is 2.05. The fraction of sp³-hybridized carbons (Fsp3) is 0.500. The first-order valence-corrected chi connectivity index (χ1v) is 7.67. The lowest BCUT2D eigenvalue weighted by atomic mass is 10.1. The first kappa shape index (κ1) is 15.1. The van der Waals surface area contributed by atoms with Crippen LogP contribution in [0.1, 0.15) is 50.8 Å². The second-order valence-electron chi connectivity index (χ2n) is 4.91. The van der Waals surface area contributed by atoms with Crippen molar-refractivity contribution < 1.29 is 0 Å². The van der Waals surface area contributed by atoms with Gasteiger partial charge in [-0.1, -0.05) is 6.92 Å². The molecule has 0 spiro atoms. The summed E-state index contributed by atoms with van der Waals surface area (Å²) in [6.45, 7) is 7.28. The highest BCUT2D eigenvalue weighted by molar-refractivity contribution is 9.10. The topological polar surface area (TPSA) is 55.6 Å². The predicted molar refractivity (Wildman–Crippen MR) is 82.5 cm³/mol.